The zero-order chi connectivity index (χ0) is 14.7. The normalized spacial score (nSPS) is 14.0. The van der Waals surface area contributed by atoms with Gasteiger partial charge in [0, 0.05) is 23.7 Å². The first-order chi connectivity index (χ1) is 9.47. The van der Waals surface area contributed by atoms with Gasteiger partial charge >= 0.3 is 0 Å². The van der Waals surface area contributed by atoms with Gasteiger partial charge in [-0.2, -0.15) is 0 Å². The van der Waals surface area contributed by atoms with Gasteiger partial charge in [0.1, 0.15) is 17.4 Å². The van der Waals surface area contributed by atoms with Crippen LogP contribution in [0.3, 0.4) is 0 Å². The number of nitrogens with one attached hydrogen (secondary N) is 1. The summed E-state index contributed by atoms with van der Waals surface area (Å²) in [5.74, 6) is -0.954. The molecule has 2 rings (SSSR count). The Kier molecular flexibility index (Phi) is 4.35. The maximum Gasteiger partial charge on any atom is 0.130 e. The summed E-state index contributed by atoms with van der Waals surface area (Å²) in [5.41, 5.74) is 1.32. The molecule has 0 aliphatic heterocycles. The maximum absolute atomic E-state index is 13.7. The van der Waals surface area contributed by atoms with Gasteiger partial charge in [0.2, 0.25) is 0 Å². The van der Waals surface area contributed by atoms with Crippen LogP contribution in [-0.2, 0) is 0 Å². The number of hydrogen-bond donors (Lipinski definition) is 2. The van der Waals surface area contributed by atoms with Gasteiger partial charge in [-0.25, -0.2) is 8.78 Å². The van der Waals surface area contributed by atoms with Crippen molar-refractivity contribution in [2.24, 2.45) is 0 Å². The summed E-state index contributed by atoms with van der Waals surface area (Å²) in [4.78, 5) is 0. The lowest BCUT2D eigenvalue weighted by Gasteiger charge is -2.21. The number of aromatic hydroxyl groups is 1. The number of halogens is 2. The van der Waals surface area contributed by atoms with Crippen LogP contribution in [0.4, 0.5) is 8.78 Å². The second kappa shape index (κ2) is 6.01. The minimum absolute atomic E-state index is 0.0680. The molecule has 2 aromatic rings. The van der Waals surface area contributed by atoms with Crippen LogP contribution in [-0.4, -0.2) is 5.11 Å². The van der Waals surface area contributed by atoms with Crippen LogP contribution in [0.15, 0.2) is 42.5 Å². The average Bonchev–Trinajstić information content (AvgIpc) is 2.38. The van der Waals surface area contributed by atoms with E-state index >= 15 is 0 Å². The molecule has 2 N–H and O–H groups in total. The number of rotatable bonds is 4. The second-order valence-corrected chi connectivity index (χ2v) is 4.87. The van der Waals surface area contributed by atoms with Crippen molar-refractivity contribution in [1.29, 1.82) is 0 Å². The molecule has 20 heavy (non-hydrogen) atoms. The van der Waals surface area contributed by atoms with E-state index in [0.717, 1.165) is 11.6 Å². The van der Waals surface area contributed by atoms with Gasteiger partial charge in [0.05, 0.1) is 0 Å². The molecule has 2 nitrogen and oxygen atoms in total. The monoisotopic (exact) mass is 277 g/mol. The fourth-order valence-electron chi connectivity index (χ4n) is 2.21. The Balaban J connectivity index is 2.12. The SMILES string of the molecule is CC(NC(C)c1ccc(F)cc1F)c1cccc(O)c1. The Morgan fingerprint density at radius 1 is 1.00 bits per heavy atom. The molecule has 106 valence electrons. The molecule has 2 aromatic carbocycles. The third kappa shape index (κ3) is 3.33. The van der Waals surface area contributed by atoms with Crippen molar-refractivity contribution in [1.82, 2.24) is 5.32 Å². The van der Waals surface area contributed by atoms with Crippen molar-refractivity contribution < 1.29 is 13.9 Å². The Morgan fingerprint density at radius 3 is 2.40 bits per heavy atom. The number of benzene rings is 2. The third-order valence-corrected chi connectivity index (χ3v) is 3.30. The van der Waals surface area contributed by atoms with E-state index in [-0.39, 0.29) is 17.8 Å². The van der Waals surface area contributed by atoms with E-state index in [2.05, 4.69) is 5.32 Å². The maximum atomic E-state index is 13.7. The van der Waals surface area contributed by atoms with Crippen LogP contribution in [0.5, 0.6) is 5.75 Å². The summed E-state index contributed by atoms with van der Waals surface area (Å²) in [6, 6.07) is 10.1. The van der Waals surface area contributed by atoms with Gasteiger partial charge < -0.3 is 10.4 Å². The van der Waals surface area contributed by atoms with Crippen LogP contribution < -0.4 is 5.32 Å². The van der Waals surface area contributed by atoms with E-state index in [1.165, 1.54) is 12.1 Å². The molecule has 0 saturated carbocycles. The molecule has 0 aliphatic rings. The highest BCUT2D eigenvalue weighted by molar-refractivity contribution is 5.29. The summed E-state index contributed by atoms with van der Waals surface area (Å²) in [5, 5.41) is 12.7. The minimum atomic E-state index is -0.584. The van der Waals surface area contributed by atoms with E-state index in [4.69, 9.17) is 0 Å². The molecule has 0 radical (unpaired) electrons. The van der Waals surface area contributed by atoms with Crippen LogP contribution in [0.2, 0.25) is 0 Å². The highest BCUT2D eigenvalue weighted by Crippen LogP contribution is 2.23. The Labute approximate surface area is 117 Å². The predicted molar refractivity (Wildman–Crippen MR) is 74.4 cm³/mol. The number of phenols is 1. The van der Waals surface area contributed by atoms with E-state index in [9.17, 15) is 13.9 Å². The van der Waals surface area contributed by atoms with Gasteiger partial charge in [0.25, 0.3) is 0 Å². The van der Waals surface area contributed by atoms with Gasteiger partial charge in [-0.1, -0.05) is 18.2 Å². The highest BCUT2D eigenvalue weighted by Gasteiger charge is 2.15. The molecule has 0 fully saturated rings. The Morgan fingerprint density at radius 2 is 1.75 bits per heavy atom. The van der Waals surface area contributed by atoms with Crippen LogP contribution >= 0.6 is 0 Å². The molecule has 0 spiro atoms. The second-order valence-electron chi connectivity index (χ2n) is 4.87. The van der Waals surface area contributed by atoms with Crippen molar-refractivity contribution in [3.8, 4) is 5.75 Å². The zero-order valence-electron chi connectivity index (χ0n) is 11.4. The lowest BCUT2D eigenvalue weighted by atomic mass is 10.0. The molecule has 0 aromatic heterocycles. The van der Waals surface area contributed by atoms with Gasteiger partial charge in [-0.3, -0.25) is 0 Å². The van der Waals surface area contributed by atoms with E-state index in [1.54, 1.807) is 18.2 Å². The van der Waals surface area contributed by atoms with E-state index in [1.807, 2.05) is 19.9 Å². The summed E-state index contributed by atoms with van der Waals surface area (Å²) in [6.45, 7) is 3.74. The molecule has 0 heterocycles. The largest absolute Gasteiger partial charge is 0.508 e. The minimum Gasteiger partial charge on any atom is -0.508 e. The topological polar surface area (TPSA) is 32.3 Å². The van der Waals surface area contributed by atoms with E-state index < -0.39 is 11.6 Å². The summed E-state index contributed by atoms with van der Waals surface area (Å²) >= 11 is 0. The first-order valence-electron chi connectivity index (χ1n) is 6.47. The zero-order valence-corrected chi connectivity index (χ0v) is 11.4. The Bertz CT molecular complexity index is 601. The van der Waals surface area contributed by atoms with Gasteiger partial charge in [-0.05, 0) is 37.6 Å². The summed E-state index contributed by atoms with van der Waals surface area (Å²) in [6.07, 6.45) is 0. The van der Waals surface area contributed by atoms with Crippen LogP contribution in [0, 0.1) is 11.6 Å². The highest BCUT2D eigenvalue weighted by atomic mass is 19.1. The standard InChI is InChI=1S/C16H17F2NO/c1-10(12-4-3-5-14(20)8-12)19-11(2)15-7-6-13(17)9-16(15)18/h3-11,19-20H,1-2H3. The molecule has 2 unspecified atom stereocenters. The van der Waals surface area contributed by atoms with Gasteiger partial charge in [0.15, 0.2) is 0 Å². The van der Waals surface area contributed by atoms with Crippen molar-refractivity contribution in [3.63, 3.8) is 0 Å². The van der Waals surface area contributed by atoms with Crippen molar-refractivity contribution in [3.05, 3.63) is 65.2 Å². The number of hydrogen-bond acceptors (Lipinski definition) is 2. The first-order valence-corrected chi connectivity index (χ1v) is 6.47. The lowest BCUT2D eigenvalue weighted by Crippen LogP contribution is -2.23. The third-order valence-electron chi connectivity index (χ3n) is 3.30. The van der Waals surface area contributed by atoms with Gasteiger partial charge in [-0.15, -0.1) is 0 Å². The number of phenolic OH excluding ortho intramolecular Hbond substituents is 1. The van der Waals surface area contributed by atoms with Crippen LogP contribution in [0.25, 0.3) is 0 Å². The molecular weight excluding hydrogens is 260 g/mol. The molecule has 0 saturated heterocycles. The molecule has 0 aliphatic carbocycles. The smallest absolute Gasteiger partial charge is 0.130 e. The molecule has 4 heteroatoms. The van der Waals surface area contributed by atoms with Crippen molar-refractivity contribution in [2.75, 3.05) is 0 Å². The van der Waals surface area contributed by atoms with Crippen molar-refractivity contribution >= 4 is 0 Å². The fourth-order valence-corrected chi connectivity index (χ4v) is 2.21. The quantitative estimate of drug-likeness (QED) is 0.882. The van der Waals surface area contributed by atoms with Crippen molar-refractivity contribution in [2.45, 2.75) is 25.9 Å². The molecular formula is C16H17F2NO. The first kappa shape index (κ1) is 14.5. The Hall–Kier alpha value is -1.94. The predicted octanol–water partition coefficient (Wildman–Crippen LogP) is 4.08. The molecule has 2 atom stereocenters. The average molecular weight is 277 g/mol. The van der Waals surface area contributed by atoms with Crippen LogP contribution in [0.1, 0.15) is 37.1 Å². The summed E-state index contributed by atoms with van der Waals surface area (Å²) < 4.78 is 26.6. The summed E-state index contributed by atoms with van der Waals surface area (Å²) in [7, 11) is 0. The molecule has 0 bridgehead atoms. The van der Waals surface area contributed by atoms with E-state index in [0.29, 0.717) is 5.56 Å². The molecule has 0 amide bonds. The fraction of sp³-hybridized carbons (Fsp3) is 0.250. The lowest BCUT2D eigenvalue weighted by molar-refractivity contribution is 0.459.